The van der Waals surface area contributed by atoms with Crippen molar-refractivity contribution in [1.82, 2.24) is 19.5 Å². The highest BCUT2D eigenvalue weighted by molar-refractivity contribution is 14.1. The molecule has 3 heterocycles. The number of amides is 1. The molecule has 3 aromatic rings. The molecule has 0 bridgehead atoms. The number of benzene rings is 1. The van der Waals surface area contributed by atoms with Gasteiger partial charge in [-0.2, -0.15) is 0 Å². The molecule has 1 aromatic carbocycles. The number of fused-ring (bicyclic) bond motifs is 1. The molecule has 1 aliphatic heterocycles. The van der Waals surface area contributed by atoms with Gasteiger partial charge in [-0.3, -0.25) is 9.20 Å². The minimum absolute atomic E-state index is 0.104. The summed E-state index contributed by atoms with van der Waals surface area (Å²) in [6, 6.07) is 13.7. The van der Waals surface area contributed by atoms with Crippen LogP contribution in [0.4, 0.5) is 0 Å². The Hall–Kier alpha value is -1.96. The van der Waals surface area contributed by atoms with Crippen LogP contribution >= 0.6 is 22.6 Å². The van der Waals surface area contributed by atoms with Crippen LogP contribution in [0.3, 0.4) is 0 Å². The number of carbonyl (C=O) groups excluding carboxylic acids is 1. The number of pyridine rings is 1. The minimum atomic E-state index is 0.104. The Labute approximate surface area is 153 Å². The van der Waals surface area contributed by atoms with Crippen molar-refractivity contribution in [3.8, 4) is 0 Å². The lowest BCUT2D eigenvalue weighted by molar-refractivity contribution is 0.0704. The van der Waals surface area contributed by atoms with Gasteiger partial charge in [0.25, 0.3) is 5.91 Å². The fourth-order valence-electron chi connectivity index (χ4n) is 3.31. The number of likely N-dealkylation sites (tertiary alicyclic amines) is 1. The van der Waals surface area contributed by atoms with E-state index in [4.69, 9.17) is 0 Å². The molecule has 0 aliphatic carbocycles. The maximum Gasteiger partial charge on any atom is 0.253 e. The number of carbonyl (C=O) groups is 1. The van der Waals surface area contributed by atoms with Crippen LogP contribution in [0.2, 0.25) is 0 Å². The molecule has 1 fully saturated rings. The molecule has 1 atom stereocenters. The Morgan fingerprint density at radius 1 is 1.17 bits per heavy atom. The van der Waals surface area contributed by atoms with Crippen LogP contribution in [-0.4, -0.2) is 38.5 Å². The monoisotopic (exact) mass is 432 g/mol. The molecule has 0 spiro atoms. The molecule has 1 unspecified atom stereocenters. The molecule has 5 nitrogen and oxygen atoms in total. The van der Waals surface area contributed by atoms with E-state index in [1.54, 1.807) is 0 Å². The van der Waals surface area contributed by atoms with Crippen LogP contribution in [-0.2, 0) is 0 Å². The summed E-state index contributed by atoms with van der Waals surface area (Å²) in [7, 11) is 0. The molecule has 1 saturated heterocycles. The van der Waals surface area contributed by atoms with Gasteiger partial charge in [0.1, 0.15) is 5.82 Å². The van der Waals surface area contributed by atoms with Crippen molar-refractivity contribution in [2.75, 3.05) is 13.1 Å². The van der Waals surface area contributed by atoms with Gasteiger partial charge in [-0.15, -0.1) is 10.2 Å². The number of halogens is 1. The minimum Gasteiger partial charge on any atom is -0.338 e. The maximum absolute atomic E-state index is 12.8. The molecule has 0 radical (unpaired) electrons. The number of nitrogens with zero attached hydrogens (tertiary/aromatic N) is 4. The van der Waals surface area contributed by atoms with Crippen molar-refractivity contribution in [2.24, 2.45) is 0 Å². The van der Waals surface area contributed by atoms with Gasteiger partial charge in [-0.1, -0.05) is 12.1 Å². The summed E-state index contributed by atoms with van der Waals surface area (Å²) in [4.78, 5) is 14.8. The fraction of sp³-hybridized carbons (Fsp3) is 0.278. The number of aromatic nitrogens is 3. The first-order valence-corrected chi connectivity index (χ1v) is 9.15. The fourth-order valence-corrected chi connectivity index (χ4v) is 3.86. The van der Waals surface area contributed by atoms with Gasteiger partial charge in [-0.05, 0) is 65.8 Å². The van der Waals surface area contributed by atoms with E-state index in [2.05, 4.69) is 32.8 Å². The normalized spacial score (nSPS) is 18.0. The van der Waals surface area contributed by atoms with Crippen molar-refractivity contribution in [3.63, 3.8) is 0 Å². The SMILES string of the molecule is O=C(c1cccc(I)c1)N1CCCC(c2nnc3ccccn23)C1. The highest BCUT2D eigenvalue weighted by atomic mass is 127. The van der Waals surface area contributed by atoms with Gasteiger partial charge >= 0.3 is 0 Å². The second-order valence-corrected chi connectivity index (χ2v) is 7.33. The van der Waals surface area contributed by atoms with E-state index in [-0.39, 0.29) is 11.8 Å². The topological polar surface area (TPSA) is 50.5 Å². The molecule has 0 N–H and O–H groups in total. The summed E-state index contributed by atoms with van der Waals surface area (Å²) in [5.41, 5.74) is 1.61. The molecule has 1 amide bonds. The van der Waals surface area contributed by atoms with E-state index in [1.807, 2.05) is 58.0 Å². The molecule has 4 rings (SSSR count). The van der Waals surface area contributed by atoms with Crippen LogP contribution in [0.25, 0.3) is 5.65 Å². The van der Waals surface area contributed by atoms with Gasteiger partial charge < -0.3 is 4.90 Å². The first-order valence-electron chi connectivity index (χ1n) is 8.07. The van der Waals surface area contributed by atoms with Crippen LogP contribution in [0, 0.1) is 3.57 Å². The number of rotatable bonds is 2. The standard InChI is InChI=1S/C18H17IN4O/c19-15-7-3-5-13(11-15)18(24)22-9-4-6-14(12-22)17-21-20-16-8-1-2-10-23(16)17/h1-3,5,7-8,10-11,14H,4,6,9,12H2. The zero-order valence-electron chi connectivity index (χ0n) is 13.1. The third-order valence-corrected chi connectivity index (χ3v) is 5.16. The van der Waals surface area contributed by atoms with E-state index in [0.29, 0.717) is 6.54 Å². The average molecular weight is 432 g/mol. The Balaban J connectivity index is 1.59. The van der Waals surface area contributed by atoms with E-state index < -0.39 is 0 Å². The lowest BCUT2D eigenvalue weighted by Gasteiger charge is -2.32. The van der Waals surface area contributed by atoms with Crippen LogP contribution in [0.15, 0.2) is 48.7 Å². The Morgan fingerprint density at radius 2 is 2.08 bits per heavy atom. The smallest absolute Gasteiger partial charge is 0.253 e. The predicted octanol–water partition coefficient (Wildman–Crippen LogP) is 3.35. The molecule has 1 aliphatic rings. The molecular formula is C18H17IN4O. The second kappa shape index (κ2) is 6.51. The molecule has 6 heteroatoms. The Morgan fingerprint density at radius 3 is 2.96 bits per heavy atom. The molecule has 122 valence electrons. The second-order valence-electron chi connectivity index (χ2n) is 6.09. The lowest BCUT2D eigenvalue weighted by Crippen LogP contribution is -2.39. The van der Waals surface area contributed by atoms with E-state index in [1.165, 1.54) is 0 Å². The average Bonchev–Trinajstić information content (AvgIpc) is 3.05. The Bertz CT molecular complexity index is 891. The van der Waals surface area contributed by atoms with Gasteiger partial charge in [0.2, 0.25) is 0 Å². The quantitative estimate of drug-likeness (QED) is 0.584. The third-order valence-electron chi connectivity index (χ3n) is 4.49. The van der Waals surface area contributed by atoms with Crippen molar-refractivity contribution in [3.05, 3.63) is 63.6 Å². The zero-order valence-corrected chi connectivity index (χ0v) is 15.3. The molecular weight excluding hydrogens is 415 g/mol. The number of hydrogen-bond acceptors (Lipinski definition) is 3. The first kappa shape index (κ1) is 15.6. The summed E-state index contributed by atoms with van der Waals surface area (Å²) in [6.45, 7) is 1.50. The summed E-state index contributed by atoms with van der Waals surface area (Å²) in [5.74, 6) is 1.28. The predicted molar refractivity (Wildman–Crippen MR) is 100 cm³/mol. The maximum atomic E-state index is 12.8. The van der Waals surface area contributed by atoms with E-state index >= 15 is 0 Å². The summed E-state index contributed by atoms with van der Waals surface area (Å²) < 4.78 is 3.11. The number of hydrogen-bond donors (Lipinski definition) is 0. The van der Waals surface area contributed by atoms with E-state index in [9.17, 15) is 4.79 Å². The van der Waals surface area contributed by atoms with Crippen LogP contribution in [0.5, 0.6) is 0 Å². The highest BCUT2D eigenvalue weighted by Crippen LogP contribution is 2.27. The molecule has 24 heavy (non-hydrogen) atoms. The lowest BCUT2D eigenvalue weighted by atomic mass is 9.96. The van der Waals surface area contributed by atoms with Crippen LogP contribution in [0.1, 0.15) is 34.9 Å². The summed E-state index contributed by atoms with van der Waals surface area (Å²) in [6.07, 6.45) is 4.01. The van der Waals surface area contributed by atoms with Gasteiger partial charge in [0.05, 0.1) is 0 Å². The van der Waals surface area contributed by atoms with Crippen molar-refractivity contribution in [2.45, 2.75) is 18.8 Å². The zero-order chi connectivity index (χ0) is 16.5. The molecule has 0 saturated carbocycles. The van der Waals surface area contributed by atoms with Gasteiger partial charge in [-0.25, -0.2) is 0 Å². The highest BCUT2D eigenvalue weighted by Gasteiger charge is 2.28. The van der Waals surface area contributed by atoms with Crippen LogP contribution < -0.4 is 0 Å². The van der Waals surface area contributed by atoms with E-state index in [0.717, 1.165) is 40.0 Å². The van der Waals surface area contributed by atoms with Gasteiger partial charge in [0, 0.05) is 34.3 Å². The summed E-state index contributed by atoms with van der Waals surface area (Å²) in [5, 5.41) is 8.62. The van der Waals surface area contributed by atoms with Crippen molar-refractivity contribution < 1.29 is 4.79 Å². The first-order chi connectivity index (χ1) is 11.7. The van der Waals surface area contributed by atoms with Crippen molar-refractivity contribution in [1.29, 1.82) is 0 Å². The van der Waals surface area contributed by atoms with Crippen molar-refractivity contribution >= 4 is 34.1 Å². The Kier molecular flexibility index (Phi) is 4.22. The van der Waals surface area contributed by atoms with Gasteiger partial charge in [0.15, 0.2) is 5.65 Å². The number of piperidine rings is 1. The largest absolute Gasteiger partial charge is 0.338 e. The summed E-state index contributed by atoms with van der Waals surface area (Å²) >= 11 is 2.24. The third kappa shape index (κ3) is 2.90. The molecule has 2 aromatic heterocycles.